The molecule has 0 radical (unpaired) electrons. The van der Waals surface area contributed by atoms with E-state index in [0.717, 1.165) is 11.7 Å². The Labute approximate surface area is 97.6 Å². The van der Waals surface area contributed by atoms with Crippen LogP contribution in [0.5, 0.6) is 5.88 Å². The molecule has 1 atom stereocenters. The Bertz CT molecular complexity index is 260. The molecule has 1 aromatic rings. The Hall–Kier alpha value is -0.800. The maximum atomic E-state index is 9.46. The van der Waals surface area contributed by atoms with Crippen molar-refractivity contribution in [3.8, 4) is 5.88 Å². The van der Waals surface area contributed by atoms with Crippen LogP contribution in [-0.2, 0) is 9.57 Å². The Morgan fingerprint density at radius 3 is 3.12 bits per heavy atom. The van der Waals surface area contributed by atoms with E-state index in [1.54, 1.807) is 7.11 Å². The van der Waals surface area contributed by atoms with Gasteiger partial charge < -0.3 is 14.6 Å². The van der Waals surface area contributed by atoms with Crippen LogP contribution >= 0.6 is 11.7 Å². The lowest BCUT2D eigenvalue weighted by Gasteiger charge is -2.11. The molecule has 0 aliphatic carbocycles. The van der Waals surface area contributed by atoms with Gasteiger partial charge >= 0.3 is 0 Å². The highest BCUT2D eigenvalue weighted by atomic mass is 32.1. The van der Waals surface area contributed by atoms with E-state index in [2.05, 4.69) is 14.2 Å². The SMILES string of the molecule is COCCONCC(O)COc1cnsn1. The third-order valence-corrected chi connectivity index (χ3v) is 2.04. The number of ether oxygens (including phenoxy) is 2. The van der Waals surface area contributed by atoms with Gasteiger partial charge in [0.05, 0.1) is 31.5 Å². The molecule has 0 fully saturated rings. The molecule has 0 amide bonds. The Kier molecular flexibility index (Phi) is 6.93. The lowest BCUT2D eigenvalue weighted by Crippen LogP contribution is -2.32. The van der Waals surface area contributed by atoms with Crippen LogP contribution in [0.15, 0.2) is 6.20 Å². The van der Waals surface area contributed by atoms with Gasteiger partial charge in [-0.3, -0.25) is 4.84 Å². The molecular weight excluding hydrogens is 234 g/mol. The van der Waals surface area contributed by atoms with Crippen LogP contribution in [0.2, 0.25) is 0 Å². The number of nitrogens with zero attached hydrogens (tertiary/aromatic N) is 2. The fourth-order valence-electron chi connectivity index (χ4n) is 0.812. The first-order valence-corrected chi connectivity index (χ1v) is 5.48. The number of aromatic nitrogens is 2. The van der Waals surface area contributed by atoms with Gasteiger partial charge in [-0.05, 0) is 0 Å². The van der Waals surface area contributed by atoms with Gasteiger partial charge in [0.2, 0.25) is 5.88 Å². The maximum absolute atomic E-state index is 9.46. The highest BCUT2D eigenvalue weighted by molar-refractivity contribution is 6.99. The van der Waals surface area contributed by atoms with E-state index in [-0.39, 0.29) is 13.2 Å². The number of rotatable bonds is 9. The highest BCUT2D eigenvalue weighted by Gasteiger charge is 2.06. The zero-order chi connectivity index (χ0) is 11.6. The van der Waals surface area contributed by atoms with Crippen molar-refractivity contribution < 1.29 is 19.4 Å². The Morgan fingerprint density at radius 1 is 1.56 bits per heavy atom. The summed E-state index contributed by atoms with van der Waals surface area (Å²) in [5.41, 5.74) is 2.61. The fourth-order valence-corrected chi connectivity index (χ4v) is 1.18. The molecule has 0 saturated carbocycles. The molecule has 0 aromatic carbocycles. The molecule has 1 unspecified atom stereocenters. The van der Waals surface area contributed by atoms with E-state index in [0.29, 0.717) is 19.1 Å². The number of hydrogen-bond acceptors (Lipinski definition) is 8. The van der Waals surface area contributed by atoms with Gasteiger partial charge in [-0.15, -0.1) is 4.37 Å². The molecule has 7 nitrogen and oxygen atoms in total. The molecule has 1 aromatic heterocycles. The standard InChI is InChI=1S/C8H15N3O4S/c1-13-2-3-15-9-4-7(12)6-14-8-5-10-16-11-8/h5,7,9,12H,2-4,6H2,1H3. The summed E-state index contributed by atoms with van der Waals surface area (Å²) in [6.07, 6.45) is 0.837. The lowest BCUT2D eigenvalue weighted by molar-refractivity contribution is -0.0175. The van der Waals surface area contributed by atoms with Crippen molar-refractivity contribution in [1.29, 1.82) is 0 Å². The van der Waals surface area contributed by atoms with Gasteiger partial charge in [0.15, 0.2) is 0 Å². The molecule has 8 heteroatoms. The van der Waals surface area contributed by atoms with Crippen molar-refractivity contribution in [3.63, 3.8) is 0 Å². The molecule has 0 saturated heterocycles. The molecule has 0 aliphatic heterocycles. The summed E-state index contributed by atoms with van der Waals surface area (Å²) in [6, 6.07) is 0. The van der Waals surface area contributed by atoms with Gasteiger partial charge in [-0.2, -0.15) is 9.85 Å². The zero-order valence-corrected chi connectivity index (χ0v) is 9.77. The summed E-state index contributed by atoms with van der Waals surface area (Å²) < 4.78 is 17.5. The molecule has 2 N–H and O–H groups in total. The van der Waals surface area contributed by atoms with Crippen molar-refractivity contribution in [2.24, 2.45) is 0 Å². The predicted molar refractivity (Wildman–Crippen MR) is 57.2 cm³/mol. The van der Waals surface area contributed by atoms with Crippen LogP contribution in [0.4, 0.5) is 0 Å². The smallest absolute Gasteiger partial charge is 0.245 e. The van der Waals surface area contributed by atoms with Crippen molar-refractivity contribution in [2.75, 3.05) is 33.5 Å². The minimum Gasteiger partial charge on any atom is -0.473 e. The van der Waals surface area contributed by atoms with Crippen molar-refractivity contribution in [3.05, 3.63) is 6.20 Å². The second-order valence-electron chi connectivity index (χ2n) is 2.90. The van der Waals surface area contributed by atoms with Crippen molar-refractivity contribution >= 4 is 11.7 Å². The van der Waals surface area contributed by atoms with Gasteiger partial charge in [-0.1, -0.05) is 0 Å². The molecule has 1 heterocycles. The molecule has 0 bridgehead atoms. The van der Waals surface area contributed by atoms with E-state index in [1.165, 1.54) is 6.20 Å². The quantitative estimate of drug-likeness (QED) is 0.448. The summed E-state index contributed by atoms with van der Waals surface area (Å²) in [5.74, 6) is 0.421. The van der Waals surface area contributed by atoms with E-state index in [1.807, 2.05) is 0 Å². The largest absolute Gasteiger partial charge is 0.473 e. The molecule has 0 spiro atoms. The van der Waals surface area contributed by atoms with Gasteiger partial charge in [0.25, 0.3) is 0 Å². The third-order valence-electron chi connectivity index (χ3n) is 1.58. The average Bonchev–Trinajstić information content (AvgIpc) is 2.79. The minimum atomic E-state index is -0.663. The van der Waals surface area contributed by atoms with Gasteiger partial charge in [0.1, 0.15) is 18.9 Å². The van der Waals surface area contributed by atoms with E-state index in [9.17, 15) is 5.11 Å². The first-order chi connectivity index (χ1) is 7.83. The summed E-state index contributed by atoms with van der Waals surface area (Å²) in [7, 11) is 1.59. The van der Waals surface area contributed by atoms with Crippen LogP contribution in [0.3, 0.4) is 0 Å². The van der Waals surface area contributed by atoms with Gasteiger partial charge in [-0.25, -0.2) is 0 Å². The molecular formula is C8H15N3O4S. The average molecular weight is 249 g/mol. The first-order valence-electron chi connectivity index (χ1n) is 4.75. The number of methoxy groups -OCH3 is 1. The number of hydrogen-bond donors (Lipinski definition) is 2. The van der Waals surface area contributed by atoms with Crippen LogP contribution in [0, 0.1) is 0 Å². The Morgan fingerprint density at radius 2 is 2.44 bits per heavy atom. The fraction of sp³-hybridized carbons (Fsp3) is 0.750. The van der Waals surface area contributed by atoms with Crippen molar-refractivity contribution in [2.45, 2.75) is 6.10 Å². The summed E-state index contributed by atoms with van der Waals surface area (Å²) in [4.78, 5) is 4.97. The second-order valence-corrected chi connectivity index (χ2v) is 3.46. The summed E-state index contributed by atoms with van der Waals surface area (Å²) in [5, 5.41) is 9.46. The predicted octanol–water partition coefficient (Wildman–Crippen LogP) is -0.555. The zero-order valence-electron chi connectivity index (χ0n) is 8.96. The second kappa shape index (κ2) is 8.36. The van der Waals surface area contributed by atoms with Gasteiger partial charge in [0, 0.05) is 7.11 Å². The van der Waals surface area contributed by atoms with Crippen molar-refractivity contribution in [1.82, 2.24) is 14.2 Å². The topological polar surface area (TPSA) is 85.7 Å². The van der Waals surface area contributed by atoms with E-state index in [4.69, 9.17) is 14.3 Å². The number of hydroxylamine groups is 1. The third kappa shape index (κ3) is 5.93. The summed E-state index contributed by atoms with van der Waals surface area (Å²) >= 11 is 1.06. The van der Waals surface area contributed by atoms with Crippen LogP contribution in [0.1, 0.15) is 0 Å². The summed E-state index contributed by atoms with van der Waals surface area (Å²) in [6.45, 7) is 1.36. The maximum Gasteiger partial charge on any atom is 0.245 e. The number of aliphatic hydroxyl groups excluding tert-OH is 1. The minimum absolute atomic E-state index is 0.145. The highest BCUT2D eigenvalue weighted by Crippen LogP contribution is 2.04. The molecule has 16 heavy (non-hydrogen) atoms. The monoisotopic (exact) mass is 249 g/mol. The molecule has 0 aliphatic rings. The van der Waals surface area contributed by atoms with E-state index < -0.39 is 6.10 Å². The van der Waals surface area contributed by atoms with Crippen LogP contribution in [-0.4, -0.2) is 53.4 Å². The number of aliphatic hydroxyl groups is 1. The van der Waals surface area contributed by atoms with Crippen LogP contribution in [0.25, 0.3) is 0 Å². The number of nitrogens with one attached hydrogen (secondary N) is 1. The molecule has 1 rings (SSSR count). The Balaban J connectivity index is 1.96. The van der Waals surface area contributed by atoms with Crippen LogP contribution < -0.4 is 10.2 Å². The van der Waals surface area contributed by atoms with E-state index >= 15 is 0 Å². The molecule has 92 valence electrons. The lowest BCUT2D eigenvalue weighted by atomic mass is 10.4. The normalized spacial score (nSPS) is 12.6. The first kappa shape index (κ1) is 13.3.